The zero-order valence-electron chi connectivity index (χ0n) is 10.1. The number of H-pyrrole nitrogens is 1. The van der Waals surface area contributed by atoms with Gasteiger partial charge in [0.05, 0.1) is 10.5 Å². The first-order valence-electron chi connectivity index (χ1n) is 6.07. The Labute approximate surface area is 110 Å². The number of aromatic nitrogens is 1. The number of benzene rings is 1. The van der Waals surface area contributed by atoms with Gasteiger partial charge in [-0.3, -0.25) is 4.79 Å². The van der Waals surface area contributed by atoms with Crippen LogP contribution in [0.5, 0.6) is 0 Å². The highest BCUT2D eigenvalue weighted by atomic mass is 35.5. The number of rotatable bonds is 2. The molecule has 1 aliphatic carbocycles. The molecule has 2 N–H and O–H groups in total. The Morgan fingerprint density at radius 2 is 2.17 bits per heavy atom. The summed E-state index contributed by atoms with van der Waals surface area (Å²) in [6.45, 7) is 1.97. The summed E-state index contributed by atoms with van der Waals surface area (Å²) in [5.74, 6) is -0.737. The predicted molar refractivity (Wildman–Crippen MR) is 71.2 cm³/mol. The van der Waals surface area contributed by atoms with E-state index in [1.54, 1.807) is 0 Å². The number of halogens is 1. The molecule has 1 saturated carbocycles. The van der Waals surface area contributed by atoms with Gasteiger partial charge in [0, 0.05) is 11.1 Å². The average molecular weight is 264 g/mol. The number of aromatic amines is 1. The number of carboxylic acid groups (broad SMARTS) is 1. The van der Waals surface area contributed by atoms with Crippen molar-refractivity contribution in [1.82, 2.24) is 4.98 Å². The molecule has 3 nitrogen and oxygen atoms in total. The van der Waals surface area contributed by atoms with Crippen LogP contribution in [-0.4, -0.2) is 16.1 Å². The van der Waals surface area contributed by atoms with Crippen LogP contribution in [0.2, 0.25) is 5.02 Å². The average Bonchev–Trinajstić information content (AvgIpc) is 2.57. The molecule has 1 fully saturated rings. The zero-order valence-corrected chi connectivity index (χ0v) is 10.8. The minimum absolute atomic E-state index is 0.640. The van der Waals surface area contributed by atoms with E-state index >= 15 is 0 Å². The molecule has 0 aliphatic heterocycles. The van der Waals surface area contributed by atoms with Crippen LogP contribution < -0.4 is 0 Å². The molecule has 0 amide bonds. The van der Waals surface area contributed by atoms with Gasteiger partial charge in [-0.25, -0.2) is 0 Å². The van der Waals surface area contributed by atoms with Crippen molar-refractivity contribution in [2.45, 2.75) is 31.6 Å². The van der Waals surface area contributed by atoms with Crippen LogP contribution in [0.15, 0.2) is 18.2 Å². The molecule has 1 aromatic heterocycles. The first-order chi connectivity index (χ1) is 8.56. The molecule has 18 heavy (non-hydrogen) atoms. The fourth-order valence-electron chi connectivity index (χ4n) is 2.90. The number of para-hydroxylation sites is 1. The van der Waals surface area contributed by atoms with E-state index in [2.05, 4.69) is 4.98 Å². The molecule has 0 bridgehead atoms. The van der Waals surface area contributed by atoms with Crippen LogP contribution >= 0.6 is 11.6 Å². The van der Waals surface area contributed by atoms with Gasteiger partial charge in [-0.1, -0.05) is 30.2 Å². The summed E-state index contributed by atoms with van der Waals surface area (Å²) in [6.07, 6.45) is 2.37. The standard InChI is InChI=1S/C14H14ClNO2/c1-8-9-4-2-5-10(15)11(9)16-12(8)14(13(17)18)6-3-7-14/h2,4-5,16H,3,6-7H2,1H3,(H,17,18). The van der Waals surface area contributed by atoms with Crippen LogP contribution in [0.4, 0.5) is 0 Å². The largest absolute Gasteiger partial charge is 0.481 e. The Hall–Kier alpha value is -1.48. The number of aliphatic carboxylic acids is 1. The van der Waals surface area contributed by atoms with Crippen molar-refractivity contribution in [2.24, 2.45) is 0 Å². The van der Waals surface area contributed by atoms with Crippen molar-refractivity contribution < 1.29 is 9.90 Å². The third-order valence-electron chi connectivity index (χ3n) is 4.14. The number of carbonyl (C=O) groups is 1. The van der Waals surface area contributed by atoms with E-state index in [-0.39, 0.29) is 0 Å². The lowest BCUT2D eigenvalue weighted by molar-refractivity contribution is -0.147. The molecule has 1 aliphatic rings. The number of carboxylic acids is 1. The maximum Gasteiger partial charge on any atom is 0.315 e. The molecule has 1 aromatic carbocycles. The second kappa shape index (κ2) is 3.75. The summed E-state index contributed by atoms with van der Waals surface area (Å²) in [5, 5.41) is 11.2. The molecule has 4 heteroatoms. The summed E-state index contributed by atoms with van der Waals surface area (Å²) in [6, 6.07) is 5.69. The van der Waals surface area contributed by atoms with E-state index in [0.29, 0.717) is 17.9 Å². The predicted octanol–water partition coefficient (Wildman–Crippen LogP) is 3.64. The van der Waals surface area contributed by atoms with Crippen molar-refractivity contribution in [3.63, 3.8) is 0 Å². The number of fused-ring (bicyclic) bond motifs is 1. The van der Waals surface area contributed by atoms with Crippen molar-refractivity contribution in [2.75, 3.05) is 0 Å². The molecule has 2 aromatic rings. The normalized spacial score (nSPS) is 17.7. The third-order valence-corrected chi connectivity index (χ3v) is 4.45. The second-order valence-electron chi connectivity index (χ2n) is 5.03. The Kier molecular flexibility index (Phi) is 2.42. The van der Waals surface area contributed by atoms with Crippen LogP contribution in [0.3, 0.4) is 0 Å². The van der Waals surface area contributed by atoms with E-state index in [1.807, 2.05) is 25.1 Å². The van der Waals surface area contributed by atoms with Gasteiger partial charge in [0.25, 0.3) is 0 Å². The Balaban J connectivity index is 2.27. The molecule has 3 rings (SSSR count). The van der Waals surface area contributed by atoms with Crippen LogP contribution in [0.1, 0.15) is 30.5 Å². The number of hydrogen-bond donors (Lipinski definition) is 2. The summed E-state index contributed by atoms with van der Waals surface area (Å²) < 4.78 is 0. The Morgan fingerprint density at radius 1 is 1.44 bits per heavy atom. The summed E-state index contributed by atoms with van der Waals surface area (Å²) in [7, 11) is 0. The Morgan fingerprint density at radius 3 is 2.67 bits per heavy atom. The molecule has 0 atom stereocenters. The molecule has 94 valence electrons. The van der Waals surface area contributed by atoms with Gasteiger partial charge < -0.3 is 10.1 Å². The second-order valence-corrected chi connectivity index (χ2v) is 5.44. The SMILES string of the molecule is Cc1c(C2(C(=O)O)CCC2)[nH]c2c(Cl)cccc12. The summed E-state index contributed by atoms with van der Waals surface area (Å²) in [4.78, 5) is 14.8. The third kappa shape index (κ3) is 1.34. The lowest BCUT2D eigenvalue weighted by Gasteiger charge is -2.37. The van der Waals surface area contributed by atoms with Gasteiger partial charge in [0.15, 0.2) is 0 Å². The van der Waals surface area contributed by atoms with Crippen LogP contribution in [-0.2, 0) is 10.2 Å². The summed E-state index contributed by atoms with van der Waals surface area (Å²) in [5.41, 5.74) is 1.95. The van der Waals surface area contributed by atoms with E-state index in [0.717, 1.165) is 28.6 Å². The number of hydrogen-bond acceptors (Lipinski definition) is 1. The fourth-order valence-corrected chi connectivity index (χ4v) is 3.12. The van der Waals surface area contributed by atoms with Crippen molar-refractivity contribution >= 4 is 28.5 Å². The molecular formula is C14H14ClNO2. The molecule has 0 radical (unpaired) electrons. The molecular weight excluding hydrogens is 250 g/mol. The zero-order chi connectivity index (χ0) is 12.9. The quantitative estimate of drug-likeness (QED) is 0.869. The van der Waals surface area contributed by atoms with Crippen LogP contribution in [0.25, 0.3) is 10.9 Å². The molecule has 1 heterocycles. The van der Waals surface area contributed by atoms with Crippen molar-refractivity contribution in [3.05, 3.63) is 34.5 Å². The van der Waals surface area contributed by atoms with Crippen molar-refractivity contribution in [3.8, 4) is 0 Å². The van der Waals surface area contributed by atoms with E-state index < -0.39 is 11.4 Å². The van der Waals surface area contributed by atoms with Gasteiger partial charge >= 0.3 is 5.97 Å². The van der Waals surface area contributed by atoms with Crippen LogP contribution in [0, 0.1) is 6.92 Å². The lowest BCUT2D eigenvalue weighted by atomic mass is 9.66. The number of aryl methyl sites for hydroxylation is 1. The van der Waals surface area contributed by atoms with Crippen molar-refractivity contribution in [1.29, 1.82) is 0 Å². The first-order valence-corrected chi connectivity index (χ1v) is 6.45. The van der Waals surface area contributed by atoms with E-state index in [4.69, 9.17) is 11.6 Å². The molecule has 0 unspecified atom stereocenters. The highest BCUT2D eigenvalue weighted by Gasteiger charge is 2.48. The topological polar surface area (TPSA) is 53.1 Å². The Bertz CT molecular complexity index is 641. The lowest BCUT2D eigenvalue weighted by Crippen LogP contribution is -2.43. The first kappa shape index (κ1) is 11.6. The number of nitrogens with one attached hydrogen (secondary N) is 1. The summed E-state index contributed by atoms with van der Waals surface area (Å²) >= 11 is 6.15. The monoisotopic (exact) mass is 263 g/mol. The van der Waals surface area contributed by atoms with E-state index in [9.17, 15) is 9.90 Å². The highest BCUT2D eigenvalue weighted by molar-refractivity contribution is 6.35. The fraction of sp³-hybridized carbons (Fsp3) is 0.357. The molecule has 0 spiro atoms. The van der Waals surface area contributed by atoms with Gasteiger partial charge in [-0.15, -0.1) is 0 Å². The maximum absolute atomic E-state index is 11.6. The highest BCUT2D eigenvalue weighted by Crippen LogP contribution is 2.46. The van der Waals surface area contributed by atoms with Gasteiger partial charge in [0.1, 0.15) is 5.41 Å². The van der Waals surface area contributed by atoms with Gasteiger partial charge in [0.2, 0.25) is 0 Å². The van der Waals surface area contributed by atoms with Gasteiger partial charge in [-0.2, -0.15) is 0 Å². The van der Waals surface area contributed by atoms with E-state index in [1.165, 1.54) is 0 Å². The maximum atomic E-state index is 11.6. The van der Waals surface area contributed by atoms with Gasteiger partial charge in [-0.05, 0) is 31.4 Å². The minimum Gasteiger partial charge on any atom is -0.481 e. The minimum atomic E-state index is -0.737. The smallest absolute Gasteiger partial charge is 0.315 e. The molecule has 0 saturated heterocycles.